The van der Waals surface area contributed by atoms with Crippen LogP contribution >= 0.6 is 0 Å². The third-order valence-corrected chi connectivity index (χ3v) is 6.25. The summed E-state index contributed by atoms with van der Waals surface area (Å²) in [7, 11) is 0. The van der Waals surface area contributed by atoms with Crippen molar-refractivity contribution in [2.45, 2.75) is 45.6 Å². The monoisotopic (exact) mass is 482 g/mol. The molecule has 0 radical (unpaired) electrons. The van der Waals surface area contributed by atoms with Crippen molar-refractivity contribution in [3.8, 4) is 11.1 Å². The van der Waals surface area contributed by atoms with E-state index >= 15 is 0 Å². The van der Waals surface area contributed by atoms with Crippen LogP contribution in [-0.4, -0.2) is 53.5 Å². The topological polar surface area (TPSA) is 125 Å². The van der Waals surface area contributed by atoms with E-state index in [-0.39, 0.29) is 24.5 Å². The van der Waals surface area contributed by atoms with Gasteiger partial charge in [-0.2, -0.15) is 0 Å². The van der Waals surface area contributed by atoms with Crippen molar-refractivity contribution in [3.05, 3.63) is 59.7 Å². The van der Waals surface area contributed by atoms with Crippen LogP contribution in [0, 0.1) is 11.3 Å². The fraction of sp³-hybridized carbons (Fsp3) is 0.444. The molecule has 1 aliphatic rings. The average molecular weight is 483 g/mol. The second kappa shape index (κ2) is 10.5. The fourth-order valence-electron chi connectivity index (χ4n) is 4.39. The lowest BCUT2D eigenvalue weighted by Crippen LogP contribution is -2.57. The molecule has 2 aromatic rings. The largest absolute Gasteiger partial charge is 0.479 e. The van der Waals surface area contributed by atoms with Crippen molar-refractivity contribution < 1.29 is 29.3 Å². The maximum Gasteiger partial charge on any atom is 0.407 e. The summed E-state index contributed by atoms with van der Waals surface area (Å²) in [5.41, 5.74) is 2.39. The van der Waals surface area contributed by atoms with Gasteiger partial charge in [-0.1, -0.05) is 69.3 Å². The number of carboxylic acids is 1. The van der Waals surface area contributed by atoms with Gasteiger partial charge in [0.2, 0.25) is 5.91 Å². The lowest BCUT2D eigenvalue weighted by Gasteiger charge is -2.30. The molecule has 0 saturated carbocycles. The summed E-state index contributed by atoms with van der Waals surface area (Å²) >= 11 is 0. The summed E-state index contributed by atoms with van der Waals surface area (Å²) in [5, 5.41) is 23.9. The number of ether oxygens (including phenoxy) is 1. The van der Waals surface area contributed by atoms with Crippen molar-refractivity contribution in [2.24, 2.45) is 11.3 Å². The van der Waals surface area contributed by atoms with Gasteiger partial charge < -0.3 is 25.6 Å². The first-order valence-electron chi connectivity index (χ1n) is 11.7. The van der Waals surface area contributed by atoms with Crippen LogP contribution in [0.15, 0.2) is 48.5 Å². The van der Waals surface area contributed by atoms with Crippen molar-refractivity contribution in [1.82, 2.24) is 10.6 Å². The first-order chi connectivity index (χ1) is 16.4. The van der Waals surface area contributed by atoms with Crippen LogP contribution in [-0.2, 0) is 14.3 Å². The Labute approximate surface area is 205 Å². The molecule has 4 N–H and O–H groups in total. The van der Waals surface area contributed by atoms with Gasteiger partial charge in [-0.05, 0) is 41.0 Å². The highest BCUT2D eigenvalue weighted by atomic mass is 16.5. The quantitative estimate of drug-likeness (QED) is 0.433. The van der Waals surface area contributed by atoms with Gasteiger partial charge in [-0.15, -0.1) is 0 Å². The molecule has 0 aromatic heterocycles. The highest BCUT2D eigenvalue weighted by Crippen LogP contribution is 2.44. The van der Waals surface area contributed by atoms with E-state index in [0.717, 1.165) is 22.3 Å². The highest BCUT2D eigenvalue weighted by molar-refractivity contribution is 5.88. The van der Waals surface area contributed by atoms with Crippen LogP contribution < -0.4 is 10.6 Å². The van der Waals surface area contributed by atoms with Crippen LogP contribution in [0.5, 0.6) is 0 Å². The second-order valence-electron chi connectivity index (χ2n) is 10.5. The minimum Gasteiger partial charge on any atom is -0.479 e. The molecule has 1 aliphatic carbocycles. The maximum atomic E-state index is 12.9. The predicted octanol–water partition coefficient (Wildman–Crippen LogP) is 3.53. The highest BCUT2D eigenvalue weighted by Gasteiger charge is 2.37. The van der Waals surface area contributed by atoms with E-state index in [4.69, 9.17) is 4.74 Å². The maximum absolute atomic E-state index is 12.9. The number of aliphatic hydroxyl groups is 1. The zero-order valence-electron chi connectivity index (χ0n) is 20.6. The summed E-state index contributed by atoms with van der Waals surface area (Å²) < 4.78 is 5.54. The number of carbonyl (C=O) groups is 3. The molecule has 0 heterocycles. The molecule has 2 aromatic carbocycles. The van der Waals surface area contributed by atoms with E-state index in [2.05, 4.69) is 22.8 Å². The standard InChI is InChI=1S/C27H34N2O6/c1-26(2,3)13-17(23(31)29-27(4,16-30)24(32)33)14-28-25(34)35-15-22-20-11-7-5-9-18(20)19-10-6-8-12-21(19)22/h5-12,17,22,30H,13-16H2,1-4H3,(H,28,34)(H,29,31)(H,32,33). The SMILES string of the molecule is CC(C)(C)CC(CNC(=O)OCC1c2ccccc2-c2ccccc21)C(=O)NC(C)(CO)C(=O)O. The molecule has 0 aliphatic heterocycles. The van der Waals surface area contributed by atoms with Crippen LogP contribution in [0.25, 0.3) is 11.1 Å². The van der Waals surface area contributed by atoms with Crippen molar-refractivity contribution in [3.63, 3.8) is 0 Å². The summed E-state index contributed by atoms with van der Waals surface area (Å²) in [6, 6.07) is 16.1. The Morgan fingerprint density at radius 1 is 0.971 bits per heavy atom. The summed E-state index contributed by atoms with van der Waals surface area (Å²) in [6.07, 6.45) is -0.259. The minimum atomic E-state index is -1.81. The number of hydrogen-bond acceptors (Lipinski definition) is 5. The number of aliphatic carboxylic acids is 1. The van der Waals surface area contributed by atoms with Crippen LogP contribution in [0.2, 0.25) is 0 Å². The number of alkyl carbamates (subject to hydrolysis) is 1. The van der Waals surface area contributed by atoms with Crippen molar-refractivity contribution >= 4 is 18.0 Å². The van der Waals surface area contributed by atoms with E-state index in [9.17, 15) is 24.6 Å². The summed E-state index contributed by atoms with van der Waals surface area (Å²) in [5.74, 6) is -2.69. The number of nitrogens with one attached hydrogen (secondary N) is 2. The molecule has 0 spiro atoms. The van der Waals surface area contributed by atoms with Gasteiger partial charge in [0.1, 0.15) is 6.61 Å². The van der Waals surface area contributed by atoms with E-state index in [0.29, 0.717) is 6.42 Å². The molecule has 0 fully saturated rings. The number of carboxylic acid groups (broad SMARTS) is 1. The number of amides is 2. The lowest BCUT2D eigenvalue weighted by molar-refractivity contribution is -0.149. The number of hydrogen-bond donors (Lipinski definition) is 4. The molecule has 0 bridgehead atoms. The van der Waals surface area contributed by atoms with Gasteiger partial charge in [0.25, 0.3) is 0 Å². The Balaban J connectivity index is 1.64. The normalized spacial score (nSPS) is 15.3. The predicted molar refractivity (Wildman–Crippen MR) is 132 cm³/mol. The second-order valence-corrected chi connectivity index (χ2v) is 10.5. The Morgan fingerprint density at radius 3 is 2.00 bits per heavy atom. The molecule has 0 saturated heterocycles. The molecule has 2 atom stereocenters. The van der Waals surface area contributed by atoms with Crippen LogP contribution in [0.1, 0.15) is 51.2 Å². The Hall–Kier alpha value is -3.39. The third-order valence-electron chi connectivity index (χ3n) is 6.25. The van der Waals surface area contributed by atoms with Crippen molar-refractivity contribution in [1.29, 1.82) is 0 Å². The number of rotatable bonds is 9. The summed E-state index contributed by atoms with van der Waals surface area (Å²) in [4.78, 5) is 36.9. The lowest BCUT2D eigenvalue weighted by atomic mass is 9.83. The van der Waals surface area contributed by atoms with Gasteiger partial charge >= 0.3 is 12.1 Å². The Morgan fingerprint density at radius 2 is 1.51 bits per heavy atom. The van der Waals surface area contributed by atoms with Gasteiger partial charge in [-0.25, -0.2) is 9.59 Å². The molecule has 8 nitrogen and oxygen atoms in total. The van der Waals surface area contributed by atoms with Crippen LogP contribution in [0.3, 0.4) is 0 Å². The number of aliphatic hydroxyl groups excluding tert-OH is 1. The van der Waals surface area contributed by atoms with E-state index in [1.54, 1.807) is 0 Å². The zero-order chi connectivity index (χ0) is 25.8. The first kappa shape index (κ1) is 26.2. The average Bonchev–Trinajstić information content (AvgIpc) is 3.13. The van der Waals surface area contributed by atoms with E-state index in [1.165, 1.54) is 6.92 Å². The van der Waals surface area contributed by atoms with E-state index in [1.807, 2.05) is 57.2 Å². The first-order valence-corrected chi connectivity index (χ1v) is 11.7. The number of carbonyl (C=O) groups excluding carboxylic acids is 2. The van der Waals surface area contributed by atoms with Crippen LogP contribution in [0.4, 0.5) is 4.79 Å². The molecule has 2 amide bonds. The minimum absolute atomic E-state index is 0.0269. The Bertz CT molecular complexity index is 1050. The van der Waals surface area contributed by atoms with Gasteiger partial charge in [0, 0.05) is 12.5 Å². The molecule has 8 heteroatoms. The zero-order valence-corrected chi connectivity index (χ0v) is 20.6. The molecule has 2 unspecified atom stereocenters. The molecular weight excluding hydrogens is 448 g/mol. The smallest absolute Gasteiger partial charge is 0.407 e. The number of benzene rings is 2. The van der Waals surface area contributed by atoms with Gasteiger partial charge in [0.15, 0.2) is 5.54 Å². The van der Waals surface area contributed by atoms with E-state index < -0.39 is 36.0 Å². The van der Waals surface area contributed by atoms with Gasteiger partial charge in [0.05, 0.1) is 12.5 Å². The molecule has 35 heavy (non-hydrogen) atoms. The fourth-order valence-corrected chi connectivity index (χ4v) is 4.39. The molecule has 3 rings (SSSR count). The molecule has 188 valence electrons. The summed E-state index contributed by atoms with van der Waals surface area (Å²) in [6.45, 7) is 6.45. The molecular formula is C27H34N2O6. The van der Waals surface area contributed by atoms with Gasteiger partial charge in [-0.3, -0.25) is 4.79 Å². The third kappa shape index (κ3) is 6.19. The number of fused-ring (bicyclic) bond motifs is 3. The Kier molecular flexibility index (Phi) is 7.85. The van der Waals surface area contributed by atoms with Crippen molar-refractivity contribution in [2.75, 3.05) is 19.8 Å².